The molecule has 1 aromatic rings. The highest BCUT2D eigenvalue weighted by molar-refractivity contribution is 5.81. The van der Waals surface area contributed by atoms with Crippen LogP contribution in [0.15, 0.2) is 30.3 Å². The lowest BCUT2D eigenvalue weighted by Gasteiger charge is -2.18. The van der Waals surface area contributed by atoms with Crippen LogP contribution in [0.2, 0.25) is 0 Å². The van der Waals surface area contributed by atoms with E-state index in [-0.39, 0.29) is 11.9 Å². The van der Waals surface area contributed by atoms with E-state index in [9.17, 15) is 4.79 Å². The van der Waals surface area contributed by atoms with Crippen molar-refractivity contribution in [2.75, 3.05) is 0 Å². The molecule has 3 heteroatoms. The Morgan fingerprint density at radius 2 is 1.82 bits per heavy atom. The van der Waals surface area contributed by atoms with Crippen molar-refractivity contribution in [3.63, 3.8) is 0 Å². The third-order valence-corrected chi connectivity index (χ3v) is 2.72. The molecule has 1 aromatic carbocycles. The van der Waals surface area contributed by atoms with E-state index >= 15 is 0 Å². The fourth-order valence-electron chi connectivity index (χ4n) is 1.76. The number of carbonyl (C=O) groups is 1. The Morgan fingerprint density at radius 3 is 2.35 bits per heavy atom. The molecular weight excluding hydrogens is 212 g/mol. The quantitative estimate of drug-likeness (QED) is 0.821. The number of hydrogen-bond donors (Lipinski definition) is 2. The second kappa shape index (κ2) is 6.40. The molecule has 0 bridgehead atoms. The van der Waals surface area contributed by atoms with Crippen molar-refractivity contribution in [2.45, 2.75) is 39.3 Å². The highest BCUT2D eigenvalue weighted by Crippen LogP contribution is 2.12. The average Bonchev–Trinajstić information content (AvgIpc) is 2.29. The Bertz CT molecular complexity index is 348. The molecule has 0 aromatic heterocycles. The van der Waals surface area contributed by atoms with E-state index in [1.807, 2.05) is 37.3 Å². The van der Waals surface area contributed by atoms with Gasteiger partial charge in [-0.25, -0.2) is 0 Å². The number of nitrogens with one attached hydrogen (secondary N) is 1. The predicted octanol–water partition coefficient (Wildman–Crippen LogP) is 2.24. The van der Waals surface area contributed by atoms with Crippen LogP contribution in [0.5, 0.6) is 0 Å². The normalized spacial score (nSPS) is 14.4. The molecule has 0 fully saturated rings. The van der Waals surface area contributed by atoms with Crippen molar-refractivity contribution >= 4 is 5.91 Å². The molecule has 0 aliphatic heterocycles. The Hall–Kier alpha value is -1.35. The van der Waals surface area contributed by atoms with Crippen molar-refractivity contribution in [3.8, 4) is 0 Å². The minimum atomic E-state index is -0.416. The molecule has 1 amide bonds. The molecule has 1 rings (SSSR count). The Balaban J connectivity index is 2.51. The van der Waals surface area contributed by atoms with Gasteiger partial charge in [0.2, 0.25) is 5.91 Å². The minimum absolute atomic E-state index is 0.00177. The van der Waals surface area contributed by atoms with Crippen LogP contribution in [-0.4, -0.2) is 11.9 Å². The van der Waals surface area contributed by atoms with E-state index in [4.69, 9.17) is 5.73 Å². The molecule has 0 saturated heterocycles. The summed E-state index contributed by atoms with van der Waals surface area (Å²) in [4.78, 5) is 11.8. The third kappa shape index (κ3) is 4.57. The lowest BCUT2D eigenvalue weighted by Crippen LogP contribution is -2.42. The van der Waals surface area contributed by atoms with Gasteiger partial charge in [0.15, 0.2) is 0 Å². The van der Waals surface area contributed by atoms with E-state index in [1.54, 1.807) is 0 Å². The van der Waals surface area contributed by atoms with Crippen molar-refractivity contribution in [2.24, 2.45) is 11.7 Å². The topological polar surface area (TPSA) is 55.1 Å². The highest BCUT2D eigenvalue weighted by Gasteiger charge is 2.17. The molecule has 0 aliphatic rings. The largest absolute Gasteiger partial charge is 0.348 e. The lowest BCUT2D eigenvalue weighted by atomic mass is 10.0. The summed E-state index contributed by atoms with van der Waals surface area (Å²) in [7, 11) is 0. The maximum absolute atomic E-state index is 11.8. The molecular formula is C14H22N2O. The van der Waals surface area contributed by atoms with Crippen molar-refractivity contribution < 1.29 is 4.79 Å². The van der Waals surface area contributed by atoms with Crippen LogP contribution >= 0.6 is 0 Å². The van der Waals surface area contributed by atoms with E-state index in [0.29, 0.717) is 12.3 Å². The van der Waals surface area contributed by atoms with Crippen molar-refractivity contribution in [1.82, 2.24) is 5.32 Å². The highest BCUT2D eigenvalue weighted by atomic mass is 16.2. The van der Waals surface area contributed by atoms with E-state index < -0.39 is 6.04 Å². The van der Waals surface area contributed by atoms with Crippen LogP contribution in [0.4, 0.5) is 0 Å². The van der Waals surface area contributed by atoms with Gasteiger partial charge in [-0.2, -0.15) is 0 Å². The van der Waals surface area contributed by atoms with E-state index in [0.717, 1.165) is 5.56 Å². The smallest absolute Gasteiger partial charge is 0.237 e. The maximum atomic E-state index is 11.8. The number of carbonyl (C=O) groups excluding carboxylic acids is 1. The van der Waals surface area contributed by atoms with Gasteiger partial charge >= 0.3 is 0 Å². The Labute approximate surface area is 103 Å². The summed E-state index contributed by atoms with van der Waals surface area (Å²) >= 11 is 0. The predicted molar refractivity (Wildman–Crippen MR) is 70.4 cm³/mol. The van der Waals surface area contributed by atoms with Gasteiger partial charge in [-0.15, -0.1) is 0 Å². The summed E-state index contributed by atoms with van der Waals surface area (Å²) in [5.74, 6) is 0.359. The molecule has 94 valence electrons. The summed E-state index contributed by atoms with van der Waals surface area (Å²) in [5.41, 5.74) is 6.93. The molecule has 0 heterocycles. The number of hydrogen-bond acceptors (Lipinski definition) is 2. The second-order valence-corrected chi connectivity index (χ2v) is 4.88. The monoisotopic (exact) mass is 234 g/mol. The van der Waals surface area contributed by atoms with Crippen molar-refractivity contribution in [1.29, 1.82) is 0 Å². The fourth-order valence-corrected chi connectivity index (χ4v) is 1.76. The average molecular weight is 234 g/mol. The molecule has 0 aliphatic carbocycles. The van der Waals surface area contributed by atoms with Gasteiger partial charge in [0, 0.05) is 0 Å². The fraction of sp³-hybridized carbons (Fsp3) is 0.500. The van der Waals surface area contributed by atoms with Gasteiger partial charge in [0.25, 0.3) is 0 Å². The Morgan fingerprint density at radius 1 is 1.24 bits per heavy atom. The first-order valence-electron chi connectivity index (χ1n) is 6.11. The first kappa shape index (κ1) is 13.7. The second-order valence-electron chi connectivity index (χ2n) is 4.88. The van der Waals surface area contributed by atoms with Gasteiger partial charge in [0.05, 0.1) is 12.1 Å². The molecule has 2 atom stereocenters. The van der Waals surface area contributed by atoms with Gasteiger partial charge in [0.1, 0.15) is 0 Å². The molecule has 1 unspecified atom stereocenters. The van der Waals surface area contributed by atoms with Crippen molar-refractivity contribution in [3.05, 3.63) is 35.9 Å². The van der Waals surface area contributed by atoms with Crippen LogP contribution < -0.4 is 11.1 Å². The molecule has 0 saturated carbocycles. The van der Waals surface area contributed by atoms with Crippen LogP contribution in [0, 0.1) is 5.92 Å². The molecule has 0 spiro atoms. The van der Waals surface area contributed by atoms with Gasteiger partial charge in [-0.05, 0) is 24.8 Å². The SMILES string of the molecule is CC(C)CC(N)C(=O)N[C@@H](C)c1ccccc1. The summed E-state index contributed by atoms with van der Waals surface area (Å²) < 4.78 is 0. The zero-order valence-electron chi connectivity index (χ0n) is 10.8. The van der Waals surface area contributed by atoms with Crippen LogP contribution in [0.3, 0.4) is 0 Å². The number of benzene rings is 1. The maximum Gasteiger partial charge on any atom is 0.237 e. The van der Waals surface area contributed by atoms with Crippen LogP contribution in [-0.2, 0) is 4.79 Å². The first-order chi connectivity index (χ1) is 8.00. The van der Waals surface area contributed by atoms with Crippen LogP contribution in [0.1, 0.15) is 38.8 Å². The Kier molecular flexibility index (Phi) is 5.16. The summed E-state index contributed by atoms with van der Waals surface area (Å²) in [6.07, 6.45) is 0.716. The molecule has 3 nitrogen and oxygen atoms in total. The molecule has 17 heavy (non-hydrogen) atoms. The summed E-state index contributed by atoms with van der Waals surface area (Å²) in [6, 6.07) is 9.47. The standard InChI is InChI=1S/C14H22N2O/c1-10(2)9-13(15)14(17)16-11(3)12-7-5-4-6-8-12/h4-8,10-11,13H,9,15H2,1-3H3,(H,16,17)/t11-,13?/m0/s1. The zero-order chi connectivity index (χ0) is 12.8. The minimum Gasteiger partial charge on any atom is -0.348 e. The van der Waals surface area contributed by atoms with Gasteiger partial charge in [-0.3, -0.25) is 4.79 Å². The molecule has 0 radical (unpaired) electrons. The van der Waals surface area contributed by atoms with E-state index in [2.05, 4.69) is 19.2 Å². The first-order valence-corrected chi connectivity index (χ1v) is 6.11. The number of amides is 1. The van der Waals surface area contributed by atoms with Crippen LogP contribution in [0.25, 0.3) is 0 Å². The van der Waals surface area contributed by atoms with E-state index in [1.165, 1.54) is 0 Å². The number of nitrogens with two attached hydrogens (primary N) is 1. The lowest BCUT2D eigenvalue weighted by molar-refractivity contribution is -0.123. The third-order valence-electron chi connectivity index (χ3n) is 2.72. The summed E-state index contributed by atoms with van der Waals surface area (Å²) in [5, 5.41) is 2.94. The summed E-state index contributed by atoms with van der Waals surface area (Å²) in [6.45, 7) is 6.09. The zero-order valence-corrected chi connectivity index (χ0v) is 10.8. The van der Waals surface area contributed by atoms with Gasteiger partial charge < -0.3 is 11.1 Å². The van der Waals surface area contributed by atoms with Gasteiger partial charge in [-0.1, -0.05) is 44.2 Å². The number of rotatable bonds is 5. The molecule has 3 N–H and O–H groups in total.